The second-order valence-electron chi connectivity index (χ2n) is 8.58. The lowest BCUT2D eigenvalue weighted by molar-refractivity contribution is 0.180. The van der Waals surface area contributed by atoms with E-state index in [-0.39, 0.29) is 5.82 Å². The van der Waals surface area contributed by atoms with Crippen molar-refractivity contribution < 1.29 is 9.13 Å². The molecule has 0 unspecified atom stereocenters. The molecular weight excluding hydrogens is 419 g/mol. The first-order valence-electron chi connectivity index (χ1n) is 11.3. The monoisotopic (exact) mass is 446 g/mol. The van der Waals surface area contributed by atoms with Crippen LogP contribution in [0.4, 0.5) is 4.39 Å². The standard InChI is InChI=1S/C25H27FN6O/c1-17-3-5-18(6-4-17)23-16-32(30-29-23)19-9-12-31(13-10-19)14-11-20-21(26)15-27-22-7-8-24(33-2)28-25(20)22/h3-8,15-16,19H,9-14H2,1-2H3. The smallest absolute Gasteiger partial charge is 0.213 e. The molecule has 0 aliphatic carbocycles. The molecule has 1 aliphatic heterocycles. The molecule has 170 valence electrons. The minimum absolute atomic E-state index is 0.315. The molecular formula is C25H27FN6O. The molecule has 0 bridgehead atoms. The molecule has 1 saturated heterocycles. The first kappa shape index (κ1) is 21.5. The molecule has 33 heavy (non-hydrogen) atoms. The molecule has 0 amide bonds. The van der Waals surface area contributed by atoms with Crippen LogP contribution in [-0.2, 0) is 6.42 Å². The molecule has 3 aromatic heterocycles. The zero-order valence-electron chi connectivity index (χ0n) is 18.9. The van der Waals surface area contributed by atoms with Crippen LogP contribution < -0.4 is 4.74 Å². The predicted molar refractivity (Wildman–Crippen MR) is 125 cm³/mol. The number of aromatic nitrogens is 5. The van der Waals surface area contributed by atoms with Crippen LogP contribution in [0.5, 0.6) is 5.88 Å². The third-order valence-electron chi connectivity index (χ3n) is 6.42. The van der Waals surface area contributed by atoms with Crippen molar-refractivity contribution in [2.24, 2.45) is 0 Å². The number of hydrogen-bond acceptors (Lipinski definition) is 6. The van der Waals surface area contributed by atoms with Crippen molar-refractivity contribution in [2.75, 3.05) is 26.7 Å². The summed E-state index contributed by atoms with van der Waals surface area (Å²) >= 11 is 0. The van der Waals surface area contributed by atoms with E-state index in [1.807, 2.05) is 16.9 Å². The molecule has 8 heteroatoms. The van der Waals surface area contributed by atoms with E-state index in [1.54, 1.807) is 13.2 Å². The normalized spacial score (nSPS) is 15.2. The molecule has 4 heterocycles. The van der Waals surface area contributed by atoms with Gasteiger partial charge in [-0.15, -0.1) is 5.10 Å². The average Bonchev–Trinajstić information content (AvgIpc) is 3.34. The zero-order valence-corrected chi connectivity index (χ0v) is 18.9. The van der Waals surface area contributed by atoms with Gasteiger partial charge in [-0.25, -0.2) is 14.1 Å². The van der Waals surface area contributed by atoms with Crippen molar-refractivity contribution in [3.05, 3.63) is 65.7 Å². The van der Waals surface area contributed by atoms with Crippen molar-refractivity contribution in [1.29, 1.82) is 0 Å². The summed E-state index contributed by atoms with van der Waals surface area (Å²) in [5.41, 5.74) is 5.08. The Kier molecular flexibility index (Phi) is 6.00. The second kappa shape index (κ2) is 9.23. The molecule has 0 atom stereocenters. The Hall–Kier alpha value is -3.39. The molecule has 7 nitrogen and oxygen atoms in total. The van der Waals surface area contributed by atoms with E-state index in [0.29, 0.717) is 34.9 Å². The summed E-state index contributed by atoms with van der Waals surface area (Å²) < 4.78 is 21.8. The van der Waals surface area contributed by atoms with Gasteiger partial charge in [0.25, 0.3) is 0 Å². The first-order chi connectivity index (χ1) is 16.1. The number of ether oxygens (including phenoxy) is 1. The van der Waals surface area contributed by atoms with E-state index in [0.717, 1.165) is 43.7 Å². The molecule has 1 fully saturated rings. The van der Waals surface area contributed by atoms with Crippen molar-refractivity contribution in [2.45, 2.75) is 32.2 Å². The molecule has 4 aromatic rings. The summed E-state index contributed by atoms with van der Waals surface area (Å²) in [6, 6.07) is 12.2. The van der Waals surface area contributed by atoms with Crippen molar-refractivity contribution in [3.8, 4) is 17.1 Å². The summed E-state index contributed by atoms with van der Waals surface area (Å²) in [4.78, 5) is 11.0. The highest BCUT2D eigenvalue weighted by Crippen LogP contribution is 2.26. The molecule has 0 saturated carbocycles. The molecule has 1 aliphatic rings. The van der Waals surface area contributed by atoms with Crippen LogP contribution in [-0.4, -0.2) is 56.6 Å². The van der Waals surface area contributed by atoms with Gasteiger partial charge in [-0.05, 0) is 32.3 Å². The largest absolute Gasteiger partial charge is 0.481 e. The quantitative estimate of drug-likeness (QED) is 0.442. The van der Waals surface area contributed by atoms with Crippen LogP contribution in [0.25, 0.3) is 22.3 Å². The SMILES string of the molecule is COc1ccc2ncc(F)c(CCN3CCC(n4cc(-c5ccc(C)cc5)nn4)CC3)c2n1. The van der Waals surface area contributed by atoms with E-state index in [4.69, 9.17) is 4.74 Å². The molecule has 0 radical (unpaired) electrons. The van der Waals surface area contributed by atoms with Crippen LogP contribution in [0.2, 0.25) is 0 Å². The van der Waals surface area contributed by atoms with Gasteiger partial charge in [0, 0.05) is 36.8 Å². The predicted octanol–water partition coefficient (Wildman–Crippen LogP) is 4.22. The maximum absolute atomic E-state index is 14.6. The topological polar surface area (TPSA) is 69.0 Å². The van der Waals surface area contributed by atoms with Crippen LogP contribution in [0.3, 0.4) is 0 Å². The van der Waals surface area contributed by atoms with Crippen LogP contribution in [0.15, 0.2) is 48.8 Å². The molecule has 0 spiro atoms. The number of rotatable bonds is 6. The second-order valence-corrected chi connectivity index (χ2v) is 8.58. The number of pyridine rings is 2. The summed E-state index contributed by atoms with van der Waals surface area (Å²) in [7, 11) is 1.56. The van der Waals surface area contributed by atoms with Gasteiger partial charge in [0.1, 0.15) is 11.5 Å². The Labute approximate surface area is 192 Å². The highest BCUT2D eigenvalue weighted by Gasteiger charge is 2.22. The third kappa shape index (κ3) is 4.57. The highest BCUT2D eigenvalue weighted by atomic mass is 19.1. The van der Waals surface area contributed by atoms with Gasteiger partial charge >= 0.3 is 0 Å². The fraction of sp³-hybridized carbons (Fsp3) is 0.360. The van der Waals surface area contributed by atoms with Crippen molar-refractivity contribution in [1.82, 2.24) is 29.9 Å². The van der Waals surface area contributed by atoms with Gasteiger partial charge in [0.15, 0.2) is 0 Å². The van der Waals surface area contributed by atoms with E-state index in [2.05, 4.69) is 56.4 Å². The van der Waals surface area contributed by atoms with E-state index < -0.39 is 0 Å². The number of piperidine rings is 1. The maximum atomic E-state index is 14.6. The minimum atomic E-state index is -0.315. The fourth-order valence-electron chi connectivity index (χ4n) is 4.42. The number of aryl methyl sites for hydroxylation is 1. The Morgan fingerprint density at radius 1 is 1.09 bits per heavy atom. The van der Waals surface area contributed by atoms with E-state index >= 15 is 0 Å². The Balaban J connectivity index is 1.21. The number of halogens is 1. The van der Waals surface area contributed by atoms with Crippen LogP contribution >= 0.6 is 0 Å². The lowest BCUT2D eigenvalue weighted by Crippen LogP contribution is -2.36. The van der Waals surface area contributed by atoms with Crippen molar-refractivity contribution >= 4 is 11.0 Å². The lowest BCUT2D eigenvalue weighted by atomic mass is 10.0. The zero-order chi connectivity index (χ0) is 22.8. The van der Waals surface area contributed by atoms with Gasteiger partial charge in [0.2, 0.25) is 5.88 Å². The van der Waals surface area contributed by atoms with Gasteiger partial charge in [-0.3, -0.25) is 4.98 Å². The number of benzene rings is 1. The third-order valence-corrected chi connectivity index (χ3v) is 6.42. The Bertz CT molecular complexity index is 1250. The van der Waals surface area contributed by atoms with E-state index in [1.165, 1.54) is 11.8 Å². The summed E-state index contributed by atoms with van der Waals surface area (Å²) in [6.07, 6.45) is 5.89. The van der Waals surface area contributed by atoms with Crippen LogP contribution in [0.1, 0.15) is 30.0 Å². The number of likely N-dealkylation sites (tertiary alicyclic amines) is 1. The summed E-state index contributed by atoms with van der Waals surface area (Å²) in [5, 5.41) is 8.76. The first-order valence-corrected chi connectivity index (χ1v) is 11.3. The number of fused-ring (bicyclic) bond motifs is 1. The van der Waals surface area contributed by atoms with Gasteiger partial charge in [-0.2, -0.15) is 0 Å². The Morgan fingerprint density at radius 3 is 2.64 bits per heavy atom. The fourth-order valence-corrected chi connectivity index (χ4v) is 4.42. The number of methoxy groups -OCH3 is 1. The Morgan fingerprint density at radius 2 is 1.88 bits per heavy atom. The summed E-state index contributed by atoms with van der Waals surface area (Å²) in [6.45, 7) is 4.72. The van der Waals surface area contributed by atoms with Gasteiger partial charge in [-0.1, -0.05) is 35.0 Å². The number of nitrogens with zero attached hydrogens (tertiary/aromatic N) is 6. The maximum Gasteiger partial charge on any atom is 0.213 e. The molecule has 0 N–H and O–H groups in total. The minimum Gasteiger partial charge on any atom is -0.481 e. The average molecular weight is 447 g/mol. The van der Waals surface area contributed by atoms with Gasteiger partial charge < -0.3 is 9.64 Å². The highest BCUT2D eigenvalue weighted by molar-refractivity contribution is 5.78. The molecule has 1 aromatic carbocycles. The van der Waals surface area contributed by atoms with E-state index in [9.17, 15) is 4.39 Å². The molecule has 5 rings (SSSR count). The van der Waals surface area contributed by atoms with Crippen molar-refractivity contribution in [3.63, 3.8) is 0 Å². The lowest BCUT2D eigenvalue weighted by Gasteiger charge is -2.31. The summed E-state index contributed by atoms with van der Waals surface area (Å²) in [5.74, 6) is 0.152. The van der Waals surface area contributed by atoms with Crippen LogP contribution in [0, 0.1) is 12.7 Å². The van der Waals surface area contributed by atoms with Gasteiger partial charge in [0.05, 0.1) is 36.6 Å². The number of hydrogen-bond donors (Lipinski definition) is 0.